The van der Waals surface area contributed by atoms with Gasteiger partial charge in [0.15, 0.2) is 9.84 Å². The minimum Gasteiger partial charge on any atom is -0.223 e. The second-order valence-corrected chi connectivity index (χ2v) is 9.55. The number of hydrogen-bond acceptors (Lipinski definition) is 4. The fourth-order valence-electron chi connectivity index (χ4n) is 2.26. The van der Waals surface area contributed by atoms with E-state index in [-0.39, 0.29) is 11.0 Å². The third-order valence-corrected chi connectivity index (χ3v) is 8.29. The smallest absolute Gasteiger partial charge is 0.188 e. The van der Waals surface area contributed by atoms with Gasteiger partial charge < -0.3 is 0 Å². The topological polar surface area (TPSA) is 34.1 Å². The van der Waals surface area contributed by atoms with Crippen LogP contribution in [0.2, 0.25) is 5.02 Å². The molecule has 0 spiro atoms. The Morgan fingerprint density at radius 2 is 2.00 bits per heavy atom. The highest BCUT2D eigenvalue weighted by atomic mass is 35.5. The largest absolute Gasteiger partial charge is 0.223 e. The third kappa shape index (κ3) is 2.91. The van der Waals surface area contributed by atoms with Gasteiger partial charge in [-0.05, 0) is 41.1 Å². The average molecular weight is 345 g/mol. The minimum absolute atomic E-state index is 0.263. The van der Waals surface area contributed by atoms with Crippen molar-refractivity contribution in [2.75, 3.05) is 5.75 Å². The van der Waals surface area contributed by atoms with Gasteiger partial charge in [0, 0.05) is 16.0 Å². The maximum atomic E-state index is 12.0. The molecular weight excluding hydrogens is 332 g/mol. The number of halogens is 1. The van der Waals surface area contributed by atoms with Gasteiger partial charge in [0.05, 0.1) is 5.75 Å². The molecule has 1 aromatic heterocycles. The summed E-state index contributed by atoms with van der Waals surface area (Å²) >= 11 is 9.02. The van der Waals surface area contributed by atoms with E-state index in [1.165, 1.54) is 16.9 Å². The zero-order valence-corrected chi connectivity index (χ0v) is 13.8. The summed E-state index contributed by atoms with van der Waals surface area (Å²) in [6, 6.07) is 9.76. The Morgan fingerprint density at radius 1 is 1.25 bits per heavy atom. The zero-order chi connectivity index (χ0) is 14.2. The molecule has 106 valence electrons. The van der Waals surface area contributed by atoms with Gasteiger partial charge in [0.2, 0.25) is 0 Å². The first-order valence-electron chi connectivity index (χ1n) is 6.22. The van der Waals surface area contributed by atoms with E-state index in [1.807, 2.05) is 35.7 Å². The SMILES string of the molecule is O=S1(=O)CC[C@H](SCc2ccc(Cl)cc2)c2ccsc21. The fourth-order valence-corrected chi connectivity index (χ4v) is 6.92. The van der Waals surface area contributed by atoms with Crippen molar-refractivity contribution < 1.29 is 8.42 Å². The molecule has 0 amide bonds. The Morgan fingerprint density at radius 3 is 2.75 bits per heavy atom. The molecule has 2 nitrogen and oxygen atoms in total. The average Bonchev–Trinajstić information content (AvgIpc) is 2.91. The monoisotopic (exact) mass is 344 g/mol. The summed E-state index contributed by atoms with van der Waals surface area (Å²) in [5, 5.41) is 2.89. The maximum absolute atomic E-state index is 12.0. The molecule has 0 fully saturated rings. The minimum atomic E-state index is -3.03. The second kappa shape index (κ2) is 5.72. The molecular formula is C14H13ClO2S3. The highest BCUT2D eigenvalue weighted by Crippen LogP contribution is 2.44. The number of thiophene rings is 1. The van der Waals surface area contributed by atoms with Gasteiger partial charge in [-0.2, -0.15) is 0 Å². The Bertz CT molecular complexity index is 704. The molecule has 1 atom stereocenters. The van der Waals surface area contributed by atoms with Gasteiger partial charge in [-0.3, -0.25) is 0 Å². The number of rotatable bonds is 3. The van der Waals surface area contributed by atoms with E-state index in [9.17, 15) is 8.42 Å². The number of benzene rings is 1. The van der Waals surface area contributed by atoms with Crippen molar-refractivity contribution in [3.8, 4) is 0 Å². The predicted molar refractivity (Wildman–Crippen MR) is 86.5 cm³/mol. The second-order valence-electron chi connectivity index (χ2n) is 4.70. The molecule has 3 rings (SSSR count). The van der Waals surface area contributed by atoms with Gasteiger partial charge in [-0.25, -0.2) is 8.42 Å². The molecule has 1 aliphatic heterocycles. The maximum Gasteiger partial charge on any atom is 0.188 e. The highest BCUT2D eigenvalue weighted by Gasteiger charge is 2.31. The lowest BCUT2D eigenvalue weighted by Gasteiger charge is -2.22. The van der Waals surface area contributed by atoms with Crippen LogP contribution in [-0.2, 0) is 15.6 Å². The van der Waals surface area contributed by atoms with Gasteiger partial charge in [-0.1, -0.05) is 23.7 Å². The third-order valence-electron chi connectivity index (χ3n) is 3.30. The summed E-state index contributed by atoms with van der Waals surface area (Å²) in [6.07, 6.45) is 0.699. The van der Waals surface area contributed by atoms with Crippen molar-refractivity contribution in [1.29, 1.82) is 0 Å². The molecule has 20 heavy (non-hydrogen) atoms. The predicted octanol–water partition coefficient (Wildman–Crippen LogP) is 4.55. The van der Waals surface area contributed by atoms with Crippen LogP contribution in [0.15, 0.2) is 39.9 Å². The van der Waals surface area contributed by atoms with Crippen LogP contribution in [0.3, 0.4) is 0 Å². The van der Waals surface area contributed by atoms with Crippen LogP contribution in [0.1, 0.15) is 22.8 Å². The summed E-state index contributed by atoms with van der Waals surface area (Å²) in [6.45, 7) is 0. The lowest BCUT2D eigenvalue weighted by Crippen LogP contribution is -2.16. The van der Waals surface area contributed by atoms with Crippen molar-refractivity contribution in [2.24, 2.45) is 0 Å². The van der Waals surface area contributed by atoms with Crippen LogP contribution in [0, 0.1) is 0 Å². The van der Waals surface area contributed by atoms with E-state index in [1.54, 1.807) is 11.8 Å². The highest BCUT2D eigenvalue weighted by molar-refractivity contribution is 7.99. The number of thioether (sulfide) groups is 1. The first-order chi connectivity index (χ1) is 9.56. The Balaban J connectivity index is 1.75. The lowest BCUT2D eigenvalue weighted by molar-refractivity contribution is 0.588. The molecule has 1 aromatic carbocycles. The van der Waals surface area contributed by atoms with Crippen molar-refractivity contribution in [3.63, 3.8) is 0 Å². The molecule has 2 aromatic rings. The van der Waals surface area contributed by atoms with E-state index in [0.717, 1.165) is 16.3 Å². The molecule has 1 aliphatic rings. The van der Waals surface area contributed by atoms with E-state index >= 15 is 0 Å². The molecule has 2 heterocycles. The summed E-state index contributed by atoms with van der Waals surface area (Å²) in [4.78, 5) is 0. The molecule has 0 saturated carbocycles. The standard InChI is InChI=1S/C14H13ClO2S3/c15-11-3-1-10(2-4-11)9-19-13-6-8-20(16,17)14-12(13)5-7-18-14/h1-5,7,13H,6,8-9H2/t13-/m0/s1. The number of hydrogen-bond donors (Lipinski definition) is 0. The molecule has 0 bridgehead atoms. The first-order valence-corrected chi connectivity index (χ1v) is 10.2. The molecule has 0 N–H and O–H groups in total. The Labute approximate surface area is 132 Å². The van der Waals surface area contributed by atoms with Crippen LogP contribution in [0.5, 0.6) is 0 Å². The summed E-state index contributed by atoms with van der Waals surface area (Å²) in [5.74, 6) is 1.13. The van der Waals surface area contributed by atoms with Gasteiger partial charge in [0.1, 0.15) is 4.21 Å². The van der Waals surface area contributed by atoms with Gasteiger partial charge in [0.25, 0.3) is 0 Å². The van der Waals surface area contributed by atoms with E-state index in [4.69, 9.17) is 11.6 Å². The van der Waals surface area contributed by atoms with Crippen LogP contribution in [-0.4, -0.2) is 14.2 Å². The Hall–Kier alpha value is -0.490. The van der Waals surface area contributed by atoms with E-state index in [2.05, 4.69) is 0 Å². The van der Waals surface area contributed by atoms with Crippen LogP contribution < -0.4 is 0 Å². The van der Waals surface area contributed by atoms with Crippen LogP contribution in [0.25, 0.3) is 0 Å². The summed E-state index contributed by atoms with van der Waals surface area (Å²) in [7, 11) is -3.03. The summed E-state index contributed by atoms with van der Waals surface area (Å²) < 4.78 is 24.5. The Kier molecular flexibility index (Phi) is 4.13. The van der Waals surface area contributed by atoms with E-state index < -0.39 is 9.84 Å². The lowest BCUT2D eigenvalue weighted by atomic mass is 10.2. The van der Waals surface area contributed by atoms with Crippen LogP contribution in [0.4, 0.5) is 0 Å². The first kappa shape index (κ1) is 14.4. The van der Waals surface area contributed by atoms with Gasteiger partial charge >= 0.3 is 0 Å². The quantitative estimate of drug-likeness (QED) is 0.818. The molecule has 6 heteroatoms. The number of sulfone groups is 1. The number of fused-ring (bicyclic) bond motifs is 1. The molecule has 0 radical (unpaired) electrons. The van der Waals surface area contributed by atoms with Crippen molar-refractivity contribution >= 4 is 44.5 Å². The van der Waals surface area contributed by atoms with E-state index in [0.29, 0.717) is 10.6 Å². The summed E-state index contributed by atoms with van der Waals surface area (Å²) in [5.41, 5.74) is 2.20. The van der Waals surface area contributed by atoms with Crippen molar-refractivity contribution in [1.82, 2.24) is 0 Å². The fraction of sp³-hybridized carbons (Fsp3) is 0.286. The molecule has 0 aliphatic carbocycles. The normalized spacial score (nSPS) is 20.6. The molecule has 0 saturated heterocycles. The zero-order valence-electron chi connectivity index (χ0n) is 10.6. The van der Waals surface area contributed by atoms with Gasteiger partial charge in [-0.15, -0.1) is 23.1 Å². The van der Waals surface area contributed by atoms with Crippen molar-refractivity contribution in [3.05, 3.63) is 51.9 Å². The van der Waals surface area contributed by atoms with Crippen LogP contribution >= 0.6 is 34.7 Å². The molecule has 0 unspecified atom stereocenters. The van der Waals surface area contributed by atoms with Crippen molar-refractivity contribution in [2.45, 2.75) is 21.6 Å².